The van der Waals surface area contributed by atoms with Gasteiger partial charge in [-0.3, -0.25) is 0 Å². The third-order valence-electron chi connectivity index (χ3n) is 1.19. The summed E-state index contributed by atoms with van der Waals surface area (Å²) in [6.45, 7) is 2.00. The number of aryl methyl sites for hydroxylation is 1. The summed E-state index contributed by atoms with van der Waals surface area (Å²) >= 11 is 0. The van der Waals surface area contributed by atoms with Crippen LogP contribution < -0.4 is 5.73 Å². The average Bonchev–Trinajstić information content (AvgIpc) is 1.94. The van der Waals surface area contributed by atoms with Crippen LogP contribution in [0, 0.1) is 6.92 Å². The van der Waals surface area contributed by atoms with Crippen LogP contribution in [-0.2, 0) is 0 Å². The van der Waals surface area contributed by atoms with E-state index in [4.69, 9.17) is 20.8 Å². The van der Waals surface area contributed by atoms with Gasteiger partial charge in [-0.05, 0) is 18.6 Å². The molecule has 5 N–H and O–H groups in total. The Morgan fingerprint density at radius 1 is 1.15 bits per heavy atom. The molecule has 0 unspecified atom stereocenters. The first-order valence-electron chi connectivity index (χ1n) is 3.39. The molecule has 0 spiro atoms. The van der Waals surface area contributed by atoms with Crippen molar-refractivity contribution >= 4 is 42.6 Å². The average molecular weight is 193 g/mol. The van der Waals surface area contributed by atoms with Crippen LogP contribution in [-0.4, -0.2) is 52.0 Å². The van der Waals surface area contributed by atoms with Gasteiger partial charge in [0, 0.05) is 5.69 Å². The van der Waals surface area contributed by atoms with E-state index in [0.29, 0.717) is 0 Å². The second-order valence-electron chi connectivity index (χ2n) is 2.20. The van der Waals surface area contributed by atoms with Gasteiger partial charge in [0.05, 0.1) is 0 Å². The van der Waals surface area contributed by atoms with E-state index in [-0.39, 0.29) is 29.6 Å². The van der Waals surface area contributed by atoms with E-state index >= 15 is 0 Å². The first-order valence-corrected chi connectivity index (χ1v) is 3.39. The summed E-state index contributed by atoms with van der Waals surface area (Å²) in [7, 11) is -2.17. The SMILES string of the molecule is Cc1ccccc1N.OB(O)O.[NaH]. The number of nitrogen functional groups attached to an aromatic ring is 1. The zero-order valence-corrected chi connectivity index (χ0v) is 6.81. The molecule has 1 aromatic carbocycles. The van der Waals surface area contributed by atoms with Gasteiger partial charge in [-0.25, -0.2) is 0 Å². The minimum atomic E-state index is -2.17. The Hall–Kier alpha value is -0.0351. The molecule has 0 amide bonds. The molecular weight excluding hydrogens is 180 g/mol. The molecule has 6 heteroatoms. The van der Waals surface area contributed by atoms with Crippen molar-refractivity contribution in [2.45, 2.75) is 6.92 Å². The number of nitrogens with two attached hydrogens (primary N) is 1. The van der Waals surface area contributed by atoms with Crippen molar-refractivity contribution in [3.63, 3.8) is 0 Å². The molecular formula is C7H13BNNaO3. The Morgan fingerprint density at radius 3 is 1.77 bits per heavy atom. The molecule has 0 saturated heterocycles. The molecule has 0 atom stereocenters. The Bertz CT molecular complexity index is 211. The molecule has 0 radical (unpaired) electrons. The zero-order chi connectivity index (χ0) is 9.56. The minimum absolute atomic E-state index is 0. The van der Waals surface area contributed by atoms with E-state index in [1.165, 1.54) is 0 Å². The first kappa shape index (κ1) is 15.4. The predicted octanol–water partition coefficient (Wildman–Crippen LogP) is -1.12. The van der Waals surface area contributed by atoms with Crippen LogP contribution >= 0.6 is 0 Å². The molecule has 0 aliphatic carbocycles. The Morgan fingerprint density at radius 2 is 1.54 bits per heavy atom. The van der Waals surface area contributed by atoms with Crippen molar-refractivity contribution in [1.82, 2.24) is 0 Å². The normalized spacial score (nSPS) is 7.69. The van der Waals surface area contributed by atoms with Gasteiger partial charge in [0.25, 0.3) is 0 Å². The topological polar surface area (TPSA) is 86.7 Å². The third kappa shape index (κ3) is 9.88. The fraction of sp³-hybridized carbons (Fsp3) is 0.143. The van der Waals surface area contributed by atoms with Crippen LogP contribution in [0.1, 0.15) is 5.56 Å². The number of hydrogen-bond acceptors (Lipinski definition) is 4. The van der Waals surface area contributed by atoms with E-state index in [1.54, 1.807) is 0 Å². The van der Waals surface area contributed by atoms with Crippen LogP contribution in [0.3, 0.4) is 0 Å². The molecule has 13 heavy (non-hydrogen) atoms. The quantitative estimate of drug-likeness (QED) is 0.310. The molecule has 0 saturated carbocycles. The summed E-state index contributed by atoms with van der Waals surface area (Å²) in [5.41, 5.74) is 7.53. The Balaban J connectivity index is 0. The Kier molecular flexibility index (Phi) is 10.2. The van der Waals surface area contributed by atoms with E-state index in [0.717, 1.165) is 11.3 Å². The second-order valence-corrected chi connectivity index (χ2v) is 2.20. The summed E-state index contributed by atoms with van der Waals surface area (Å²) in [5.74, 6) is 0. The summed E-state index contributed by atoms with van der Waals surface area (Å²) in [6, 6.07) is 7.80. The molecule has 1 aromatic rings. The van der Waals surface area contributed by atoms with Crippen molar-refractivity contribution in [1.29, 1.82) is 0 Å². The summed E-state index contributed by atoms with van der Waals surface area (Å²) in [4.78, 5) is 0. The van der Waals surface area contributed by atoms with Gasteiger partial charge in [-0.15, -0.1) is 0 Å². The van der Waals surface area contributed by atoms with Crippen LogP contribution in [0.25, 0.3) is 0 Å². The van der Waals surface area contributed by atoms with Gasteiger partial charge in [0.1, 0.15) is 0 Å². The summed E-state index contributed by atoms with van der Waals surface area (Å²) in [5, 5.41) is 21.5. The molecule has 0 aliphatic heterocycles. The third-order valence-corrected chi connectivity index (χ3v) is 1.19. The Labute approximate surface area is 99.9 Å². The van der Waals surface area contributed by atoms with Gasteiger partial charge in [-0.2, -0.15) is 0 Å². The fourth-order valence-corrected chi connectivity index (χ4v) is 0.587. The van der Waals surface area contributed by atoms with Crippen LogP contribution in [0.5, 0.6) is 0 Å². The monoisotopic (exact) mass is 193 g/mol. The number of rotatable bonds is 0. The van der Waals surface area contributed by atoms with Crippen molar-refractivity contribution < 1.29 is 15.1 Å². The van der Waals surface area contributed by atoms with Crippen LogP contribution in [0.4, 0.5) is 5.69 Å². The maximum absolute atomic E-state index is 7.17. The number of benzene rings is 1. The molecule has 0 aromatic heterocycles. The van der Waals surface area contributed by atoms with E-state index < -0.39 is 7.32 Å². The molecule has 0 fully saturated rings. The second kappa shape index (κ2) is 8.56. The van der Waals surface area contributed by atoms with Crippen molar-refractivity contribution in [3.05, 3.63) is 29.8 Å². The molecule has 0 heterocycles. The van der Waals surface area contributed by atoms with Gasteiger partial charge in [0.2, 0.25) is 0 Å². The molecule has 0 bridgehead atoms. The van der Waals surface area contributed by atoms with Crippen molar-refractivity contribution in [2.24, 2.45) is 0 Å². The van der Waals surface area contributed by atoms with Crippen LogP contribution in [0.2, 0.25) is 0 Å². The van der Waals surface area contributed by atoms with E-state index in [1.807, 2.05) is 31.2 Å². The summed E-state index contributed by atoms with van der Waals surface area (Å²) in [6.07, 6.45) is 0. The van der Waals surface area contributed by atoms with Gasteiger partial charge < -0.3 is 20.8 Å². The van der Waals surface area contributed by atoms with Gasteiger partial charge >= 0.3 is 36.9 Å². The first-order chi connectivity index (χ1) is 5.54. The van der Waals surface area contributed by atoms with Crippen LogP contribution in [0.15, 0.2) is 24.3 Å². The summed E-state index contributed by atoms with van der Waals surface area (Å²) < 4.78 is 0. The molecule has 4 nitrogen and oxygen atoms in total. The van der Waals surface area contributed by atoms with Gasteiger partial charge in [0.15, 0.2) is 0 Å². The van der Waals surface area contributed by atoms with E-state index in [2.05, 4.69) is 0 Å². The standard InChI is InChI=1S/C7H9N.BH3O3.Na.H/c1-6-4-2-3-5-7(6)8;2-1(3)4;;/h2-5H,8H2,1H3;2-4H;;. The van der Waals surface area contributed by atoms with E-state index in [9.17, 15) is 0 Å². The number of hydrogen-bond donors (Lipinski definition) is 4. The fourth-order valence-electron chi connectivity index (χ4n) is 0.587. The predicted molar refractivity (Wildman–Crippen MR) is 55.2 cm³/mol. The molecule has 1 rings (SSSR count). The maximum atomic E-state index is 7.17. The van der Waals surface area contributed by atoms with Crippen molar-refractivity contribution in [2.75, 3.05) is 5.73 Å². The molecule has 68 valence electrons. The zero-order valence-electron chi connectivity index (χ0n) is 6.81. The number of anilines is 1. The van der Waals surface area contributed by atoms with Gasteiger partial charge in [-0.1, -0.05) is 18.2 Å². The number of para-hydroxylation sites is 1. The molecule has 0 aliphatic rings. The van der Waals surface area contributed by atoms with Crippen molar-refractivity contribution in [3.8, 4) is 0 Å².